The van der Waals surface area contributed by atoms with Gasteiger partial charge in [-0.1, -0.05) is 23.0 Å². The van der Waals surface area contributed by atoms with Crippen LogP contribution in [0.2, 0.25) is 0 Å². The lowest BCUT2D eigenvalue weighted by atomic mass is 9.77. The first kappa shape index (κ1) is 16.9. The molecule has 1 aliphatic heterocycles. The molecule has 1 atom stereocenters. The predicted octanol–water partition coefficient (Wildman–Crippen LogP) is 2.36. The zero-order valence-corrected chi connectivity index (χ0v) is 13.6. The maximum absolute atomic E-state index is 13.7. The molecule has 7 nitrogen and oxygen atoms in total. The highest BCUT2D eigenvalue weighted by molar-refractivity contribution is 8.02. The Bertz CT molecular complexity index is 803. The molecule has 3 rings (SSSR count). The molecule has 0 saturated carbocycles. The third-order valence-electron chi connectivity index (χ3n) is 3.39. The van der Waals surface area contributed by atoms with Crippen molar-refractivity contribution in [1.29, 1.82) is 0 Å². The quantitative estimate of drug-likeness (QED) is 0.616. The number of thioether (sulfide) groups is 1. The summed E-state index contributed by atoms with van der Waals surface area (Å²) in [6, 6.07) is 2.52. The van der Waals surface area contributed by atoms with Gasteiger partial charge in [-0.3, -0.25) is 0 Å². The van der Waals surface area contributed by atoms with Crippen LogP contribution < -0.4 is 4.65 Å². The van der Waals surface area contributed by atoms with Crippen molar-refractivity contribution in [3.8, 4) is 5.75 Å². The molecule has 0 bridgehead atoms. The normalized spacial score (nSPS) is 16.4. The summed E-state index contributed by atoms with van der Waals surface area (Å²) in [5.41, 5.74) is 0.464. The highest BCUT2D eigenvalue weighted by atomic mass is 32.2. The molecule has 0 aliphatic carbocycles. The maximum atomic E-state index is 13.7. The molecule has 2 aromatic rings. The number of carbonyl (C=O) groups is 1. The molecule has 1 unspecified atom stereocenters. The zero-order chi connectivity index (χ0) is 17.3. The summed E-state index contributed by atoms with van der Waals surface area (Å²) in [5.74, 6) is -2.50. The standard InChI is InChI=1S/C13H10BFN2O5S2/c15-8-2-1-6-3-9(14(20)22-11(6)10(8)12(18)19)24-13-17-7(4-16-21)5-23-13/h1-2,5,9,20H,3-4H2,(H,18,19). The lowest BCUT2D eigenvalue weighted by Gasteiger charge is -2.27. The Morgan fingerprint density at radius 2 is 2.38 bits per heavy atom. The van der Waals surface area contributed by atoms with Crippen LogP contribution in [0, 0.1) is 10.7 Å². The number of benzene rings is 1. The summed E-state index contributed by atoms with van der Waals surface area (Å²) in [4.78, 5) is 25.6. The first-order chi connectivity index (χ1) is 11.5. The molecule has 0 amide bonds. The second kappa shape index (κ2) is 6.87. The van der Waals surface area contributed by atoms with Gasteiger partial charge in [-0.05, 0) is 18.1 Å². The van der Waals surface area contributed by atoms with Gasteiger partial charge >= 0.3 is 13.1 Å². The fourth-order valence-corrected chi connectivity index (χ4v) is 4.46. The van der Waals surface area contributed by atoms with Crippen LogP contribution in [0.1, 0.15) is 21.6 Å². The molecule has 11 heteroatoms. The summed E-state index contributed by atoms with van der Waals surface area (Å²) in [6.45, 7) is -0.0230. The number of aromatic carboxylic acids is 1. The second-order valence-electron chi connectivity index (χ2n) is 4.98. The fourth-order valence-electron chi connectivity index (χ4n) is 2.32. The minimum absolute atomic E-state index is 0.0230. The fraction of sp³-hybridized carbons (Fsp3) is 0.231. The Kier molecular flexibility index (Phi) is 4.83. The van der Waals surface area contributed by atoms with E-state index < -0.39 is 29.6 Å². The van der Waals surface area contributed by atoms with Gasteiger partial charge in [-0.2, -0.15) is 4.91 Å². The number of aromatic nitrogens is 1. The third-order valence-corrected chi connectivity index (χ3v) is 5.64. The summed E-state index contributed by atoms with van der Waals surface area (Å²) >= 11 is 2.56. The number of nitrogens with zero attached hydrogens (tertiary/aromatic N) is 2. The number of carboxylic acid groups (broad SMARTS) is 1. The number of thiazole rings is 1. The van der Waals surface area contributed by atoms with Gasteiger partial charge in [0.05, 0.1) is 10.8 Å². The Morgan fingerprint density at radius 1 is 1.58 bits per heavy atom. The van der Waals surface area contributed by atoms with Crippen LogP contribution in [-0.4, -0.2) is 33.4 Å². The lowest BCUT2D eigenvalue weighted by molar-refractivity contribution is 0.0689. The molecule has 24 heavy (non-hydrogen) atoms. The van der Waals surface area contributed by atoms with Crippen molar-refractivity contribution in [2.24, 2.45) is 5.18 Å². The molecule has 2 N–H and O–H groups in total. The van der Waals surface area contributed by atoms with E-state index in [9.17, 15) is 19.1 Å². The van der Waals surface area contributed by atoms with E-state index in [-0.39, 0.29) is 12.3 Å². The van der Waals surface area contributed by atoms with Gasteiger partial charge in [0.15, 0.2) is 0 Å². The predicted molar refractivity (Wildman–Crippen MR) is 86.9 cm³/mol. The topological polar surface area (TPSA) is 109 Å². The molecule has 1 aromatic carbocycles. The average molecular weight is 368 g/mol. The van der Waals surface area contributed by atoms with Gasteiger partial charge in [-0.25, -0.2) is 14.2 Å². The Morgan fingerprint density at radius 3 is 3.08 bits per heavy atom. The van der Waals surface area contributed by atoms with Gasteiger partial charge in [0, 0.05) is 5.38 Å². The van der Waals surface area contributed by atoms with E-state index in [4.69, 9.17) is 9.76 Å². The SMILES string of the molecule is O=NCc1csc(SC2Cc3ccc(F)c(C(=O)O)c3OB2O)n1. The van der Waals surface area contributed by atoms with Crippen molar-refractivity contribution in [1.82, 2.24) is 4.98 Å². The molecule has 1 aromatic heterocycles. The minimum Gasteiger partial charge on any atom is -0.535 e. The van der Waals surface area contributed by atoms with Gasteiger partial charge in [-0.15, -0.1) is 11.3 Å². The van der Waals surface area contributed by atoms with Crippen molar-refractivity contribution >= 4 is 36.2 Å². The summed E-state index contributed by atoms with van der Waals surface area (Å²) in [6.07, 6.45) is 0.294. The van der Waals surface area contributed by atoms with Gasteiger partial charge in [0.1, 0.15) is 28.0 Å². The number of rotatable bonds is 5. The molecule has 0 radical (unpaired) electrons. The zero-order valence-electron chi connectivity index (χ0n) is 12.0. The summed E-state index contributed by atoms with van der Waals surface area (Å²) in [5, 5.41) is 23.3. The van der Waals surface area contributed by atoms with Gasteiger partial charge in [0.25, 0.3) is 0 Å². The Balaban J connectivity index is 1.83. The number of nitroso groups, excluding NO2 is 1. The molecule has 0 saturated heterocycles. The Labute approximate surface area is 144 Å². The van der Waals surface area contributed by atoms with Crippen molar-refractivity contribution in [2.45, 2.75) is 22.5 Å². The van der Waals surface area contributed by atoms with E-state index in [0.29, 0.717) is 22.0 Å². The number of fused-ring (bicyclic) bond motifs is 1. The largest absolute Gasteiger partial charge is 0.537 e. The van der Waals surface area contributed by atoms with E-state index in [1.165, 1.54) is 29.2 Å². The first-order valence-electron chi connectivity index (χ1n) is 6.79. The molecule has 0 fully saturated rings. The second-order valence-corrected chi connectivity index (χ2v) is 7.32. The Hall–Kier alpha value is -1.98. The van der Waals surface area contributed by atoms with Crippen molar-refractivity contribution in [2.75, 3.05) is 0 Å². The minimum atomic E-state index is -1.45. The third kappa shape index (κ3) is 3.28. The van der Waals surface area contributed by atoms with E-state index in [2.05, 4.69) is 10.2 Å². The highest BCUT2D eigenvalue weighted by Crippen LogP contribution is 2.38. The maximum Gasteiger partial charge on any atom is 0.537 e. The van der Waals surface area contributed by atoms with E-state index in [1.54, 1.807) is 5.38 Å². The van der Waals surface area contributed by atoms with Gasteiger partial charge < -0.3 is 14.8 Å². The average Bonchev–Trinajstić information content (AvgIpc) is 2.95. The smallest absolute Gasteiger partial charge is 0.535 e. The van der Waals surface area contributed by atoms with Crippen LogP contribution in [0.5, 0.6) is 5.75 Å². The molecule has 1 aliphatic rings. The number of hydrogen-bond donors (Lipinski definition) is 2. The lowest BCUT2D eigenvalue weighted by Crippen LogP contribution is -2.41. The van der Waals surface area contributed by atoms with Gasteiger partial charge in [0.2, 0.25) is 0 Å². The van der Waals surface area contributed by atoms with Crippen molar-refractivity contribution < 1.29 is 24.0 Å². The van der Waals surface area contributed by atoms with Crippen LogP contribution in [0.15, 0.2) is 27.0 Å². The van der Waals surface area contributed by atoms with Crippen LogP contribution in [0.4, 0.5) is 4.39 Å². The first-order valence-corrected chi connectivity index (χ1v) is 8.55. The molecular weight excluding hydrogens is 358 g/mol. The molecule has 124 valence electrons. The van der Waals surface area contributed by atoms with Crippen LogP contribution in [0.3, 0.4) is 0 Å². The molecule has 0 spiro atoms. The summed E-state index contributed by atoms with van der Waals surface area (Å²) < 4.78 is 19.6. The van der Waals surface area contributed by atoms with E-state index in [1.807, 2.05) is 0 Å². The highest BCUT2D eigenvalue weighted by Gasteiger charge is 2.39. The van der Waals surface area contributed by atoms with E-state index >= 15 is 0 Å². The number of halogens is 1. The van der Waals surface area contributed by atoms with E-state index in [0.717, 1.165) is 6.07 Å². The van der Waals surface area contributed by atoms with Crippen LogP contribution >= 0.6 is 23.1 Å². The van der Waals surface area contributed by atoms with Crippen molar-refractivity contribution in [3.63, 3.8) is 0 Å². The summed E-state index contributed by atoms with van der Waals surface area (Å²) in [7, 11) is -1.31. The molecule has 2 heterocycles. The number of hydrogen-bond acceptors (Lipinski definition) is 8. The van der Waals surface area contributed by atoms with Crippen LogP contribution in [-0.2, 0) is 13.0 Å². The van der Waals surface area contributed by atoms with Crippen LogP contribution in [0.25, 0.3) is 0 Å². The monoisotopic (exact) mass is 368 g/mol. The molecular formula is C13H10BFN2O5S2. The number of carboxylic acids is 1. The van der Waals surface area contributed by atoms with Crippen molar-refractivity contribution in [3.05, 3.63) is 45.1 Å².